The van der Waals surface area contributed by atoms with Gasteiger partial charge >= 0.3 is 0 Å². The molecule has 154 valence electrons. The molecule has 0 bridgehead atoms. The number of nitrogens with zero attached hydrogens (tertiary/aromatic N) is 2. The van der Waals surface area contributed by atoms with Gasteiger partial charge in [0.1, 0.15) is 11.4 Å². The number of aromatic nitrogens is 1. The number of amides is 2. The molecule has 2 fully saturated rings. The van der Waals surface area contributed by atoms with Crippen molar-refractivity contribution in [2.45, 2.75) is 45.1 Å². The minimum atomic E-state index is -2.72. The minimum absolute atomic E-state index is 0.0744. The van der Waals surface area contributed by atoms with Crippen LogP contribution in [-0.2, 0) is 4.79 Å². The van der Waals surface area contributed by atoms with Crippen LogP contribution in [0.4, 0.5) is 14.5 Å². The fourth-order valence-corrected chi connectivity index (χ4v) is 2.78. The van der Waals surface area contributed by atoms with Crippen molar-refractivity contribution in [2.24, 2.45) is 5.92 Å². The van der Waals surface area contributed by atoms with E-state index in [1.165, 1.54) is 11.0 Å². The third-order valence-electron chi connectivity index (χ3n) is 4.33. The summed E-state index contributed by atoms with van der Waals surface area (Å²) < 4.78 is 32.2. The summed E-state index contributed by atoms with van der Waals surface area (Å²) in [7, 11) is 0. The molecule has 0 aromatic carbocycles. The summed E-state index contributed by atoms with van der Waals surface area (Å²) in [4.78, 5) is 29.9. The Kier molecular flexibility index (Phi) is 5.45. The maximum atomic E-state index is 13.2. The van der Waals surface area contributed by atoms with Gasteiger partial charge in [-0.25, -0.2) is 13.8 Å². The van der Waals surface area contributed by atoms with Crippen LogP contribution in [0.15, 0.2) is 12.1 Å². The highest BCUT2D eigenvalue weighted by molar-refractivity contribution is 5.95. The van der Waals surface area contributed by atoms with Gasteiger partial charge in [-0.2, -0.15) is 0 Å². The predicted octanol–water partition coefficient (Wildman–Crippen LogP) is 1.97. The molecule has 0 radical (unpaired) electrons. The highest BCUT2D eigenvalue weighted by Crippen LogP contribution is 2.37. The van der Waals surface area contributed by atoms with Crippen molar-refractivity contribution in [2.75, 3.05) is 31.1 Å². The molecule has 2 amide bonds. The fourth-order valence-electron chi connectivity index (χ4n) is 2.78. The normalized spacial score (nSPS) is 18.2. The van der Waals surface area contributed by atoms with Crippen molar-refractivity contribution in [3.8, 4) is 5.88 Å². The van der Waals surface area contributed by atoms with Gasteiger partial charge in [-0.3, -0.25) is 9.59 Å². The molecule has 0 spiro atoms. The Morgan fingerprint density at radius 1 is 1.29 bits per heavy atom. The van der Waals surface area contributed by atoms with Crippen LogP contribution in [0.25, 0.3) is 0 Å². The molecule has 1 aromatic heterocycles. The number of hydrogen-bond acceptors (Lipinski definition) is 5. The molecule has 7 nitrogen and oxygen atoms in total. The number of halogens is 2. The first-order valence-corrected chi connectivity index (χ1v) is 9.38. The molecular weight excluding hydrogens is 370 g/mol. The third-order valence-corrected chi connectivity index (χ3v) is 4.33. The lowest BCUT2D eigenvalue weighted by atomic mass is 10.1. The van der Waals surface area contributed by atoms with Gasteiger partial charge in [0.25, 0.3) is 11.8 Å². The first-order valence-electron chi connectivity index (χ1n) is 9.38. The lowest BCUT2D eigenvalue weighted by Crippen LogP contribution is -2.56. The average Bonchev–Trinajstić information content (AvgIpc) is 3.38. The molecule has 1 saturated heterocycles. The number of anilines is 1. The highest BCUT2D eigenvalue weighted by atomic mass is 19.3. The first-order chi connectivity index (χ1) is 13.0. The Balaban J connectivity index is 1.66. The summed E-state index contributed by atoms with van der Waals surface area (Å²) in [6.45, 7) is 5.00. The van der Waals surface area contributed by atoms with Gasteiger partial charge < -0.3 is 20.3 Å². The maximum absolute atomic E-state index is 13.2. The molecule has 28 heavy (non-hydrogen) atoms. The molecule has 2 N–H and O–H groups in total. The van der Waals surface area contributed by atoms with Gasteiger partial charge in [-0.05, 0) is 51.7 Å². The number of pyridine rings is 1. The third kappa shape index (κ3) is 5.53. The lowest BCUT2D eigenvalue weighted by Gasteiger charge is -2.40. The second-order valence-electron chi connectivity index (χ2n) is 8.47. The van der Waals surface area contributed by atoms with E-state index < -0.39 is 30.5 Å². The summed E-state index contributed by atoms with van der Waals surface area (Å²) in [5, 5.41) is 5.26. The van der Waals surface area contributed by atoms with E-state index in [2.05, 4.69) is 15.6 Å². The van der Waals surface area contributed by atoms with E-state index in [0.29, 0.717) is 18.2 Å². The number of hydrogen-bond donors (Lipinski definition) is 2. The van der Waals surface area contributed by atoms with E-state index in [9.17, 15) is 18.4 Å². The van der Waals surface area contributed by atoms with Crippen molar-refractivity contribution < 1.29 is 23.1 Å². The van der Waals surface area contributed by atoms with Gasteiger partial charge in [0.05, 0.1) is 26.2 Å². The molecule has 1 aliphatic carbocycles. The standard InChI is InChI=1S/C19H26F2N4O3/c1-18(2,3)24-15(26)8-22-16(27)13-6-7-14(25-10-19(20,21)11-25)17(23-13)28-9-12-4-5-12/h6-7,12H,4-5,8-11H2,1-3H3,(H,22,27)(H,24,26). The minimum Gasteiger partial charge on any atom is -0.476 e. The van der Waals surface area contributed by atoms with Gasteiger partial charge in [0.15, 0.2) is 0 Å². The topological polar surface area (TPSA) is 83.6 Å². The van der Waals surface area contributed by atoms with Crippen molar-refractivity contribution in [3.05, 3.63) is 17.8 Å². The van der Waals surface area contributed by atoms with Crippen molar-refractivity contribution >= 4 is 17.5 Å². The van der Waals surface area contributed by atoms with Gasteiger partial charge in [-0.1, -0.05) is 0 Å². The molecule has 9 heteroatoms. The molecule has 1 aromatic rings. The average molecular weight is 396 g/mol. The van der Waals surface area contributed by atoms with Crippen LogP contribution >= 0.6 is 0 Å². The SMILES string of the molecule is CC(C)(C)NC(=O)CNC(=O)c1ccc(N2CC(F)(F)C2)c(OCC2CC2)n1. The Morgan fingerprint density at radius 3 is 2.54 bits per heavy atom. The van der Waals surface area contributed by atoms with Crippen LogP contribution in [0.3, 0.4) is 0 Å². The summed E-state index contributed by atoms with van der Waals surface area (Å²) in [5.74, 6) is -2.93. The van der Waals surface area contributed by atoms with E-state index >= 15 is 0 Å². The highest BCUT2D eigenvalue weighted by Gasteiger charge is 2.45. The Morgan fingerprint density at radius 2 is 1.96 bits per heavy atom. The molecular formula is C19H26F2N4O3. The van der Waals surface area contributed by atoms with Crippen LogP contribution in [0, 0.1) is 5.92 Å². The van der Waals surface area contributed by atoms with E-state index in [-0.39, 0.29) is 24.0 Å². The van der Waals surface area contributed by atoms with Crippen LogP contribution in [-0.4, -0.2) is 54.5 Å². The summed E-state index contributed by atoms with van der Waals surface area (Å²) >= 11 is 0. The number of nitrogens with one attached hydrogen (secondary N) is 2. The van der Waals surface area contributed by atoms with Crippen LogP contribution in [0.2, 0.25) is 0 Å². The smallest absolute Gasteiger partial charge is 0.282 e. The number of alkyl halides is 2. The summed E-state index contributed by atoms with van der Waals surface area (Å²) in [5.41, 5.74) is 0.129. The van der Waals surface area contributed by atoms with Crippen LogP contribution in [0.5, 0.6) is 5.88 Å². The Bertz CT molecular complexity index is 752. The molecule has 2 aliphatic rings. The fraction of sp³-hybridized carbons (Fsp3) is 0.632. The predicted molar refractivity (Wildman–Crippen MR) is 99.8 cm³/mol. The molecule has 1 aliphatic heterocycles. The first kappa shape index (κ1) is 20.3. The number of rotatable bonds is 7. The van der Waals surface area contributed by atoms with E-state index in [4.69, 9.17) is 4.74 Å². The number of carbonyl (C=O) groups excluding carboxylic acids is 2. The molecule has 1 saturated carbocycles. The lowest BCUT2D eigenvalue weighted by molar-refractivity contribution is -0.121. The Hall–Kier alpha value is -2.45. The second-order valence-corrected chi connectivity index (χ2v) is 8.47. The van der Waals surface area contributed by atoms with Gasteiger partial charge in [0, 0.05) is 5.54 Å². The summed E-state index contributed by atoms with van der Waals surface area (Å²) in [6.07, 6.45) is 2.14. The zero-order valence-corrected chi connectivity index (χ0v) is 16.3. The summed E-state index contributed by atoms with van der Waals surface area (Å²) in [6, 6.07) is 3.02. The largest absolute Gasteiger partial charge is 0.476 e. The quantitative estimate of drug-likeness (QED) is 0.736. The number of carbonyl (C=O) groups is 2. The van der Waals surface area contributed by atoms with Crippen LogP contribution < -0.4 is 20.3 Å². The zero-order chi connectivity index (χ0) is 20.5. The maximum Gasteiger partial charge on any atom is 0.282 e. The van der Waals surface area contributed by atoms with E-state index in [0.717, 1.165) is 12.8 Å². The van der Waals surface area contributed by atoms with Crippen molar-refractivity contribution in [3.63, 3.8) is 0 Å². The van der Waals surface area contributed by atoms with Crippen molar-refractivity contribution in [1.82, 2.24) is 15.6 Å². The van der Waals surface area contributed by atoms with E-state index in [1.807, 2.05) is 20.8 Å². The second kappa shape index (κ2) is 7.52. The van der Waals surface area contributed by atoms with Crippen LogP contribution in [0.1, 0.15) is 44.1 Å². The van der Waals surface area contributed by atoms with Gasteiger partial charge in [0.2, 0.25) is 11.8 Å². The molecule has 3 rings (SSSR count). The monoisotopic (exact) mass is 396 g/mol. The molecule has 0 atom stereocenters. The zero-order valence-electron chi connectivity index (χ0n) is 16.3. The van der Waals surface area contributed by atoms with Crippen molar-refractivity contribution in [1.29, 1.82) is 0 Å². The van der Waals surface area contributed by atoms with E-state index in [1.54, 1.807) is 6.07 Å². The Labute approximate surface area is 162 Å². The molecule has 0 unspecified atom stereocenters. The van der Waals surface area contributed by atoms with Gasteiger partial charge in [-0.15, -0.1) is 0 Å². The molecule has 2 heterocycles. The number of ether oxygens (including phenoxy) is 1.